The number of benzene rings is 1. The van der Waals surface area contributed by atoms with Gasteiger partial charge in [0.15, 0.2) is 0 Å². The van der Waals surface area contributed by atoms with Crippen LogP contribution in [-0.2, 0) is 17.9 Å². The molecule has 2 N–H and O–H groups in total. The third-order valence-corrected chi connectivity index (χ3v) is 4.00. The second-order valence-electron chi connectivity index (χ2n) is 5.13. The quantitative estimate of drug-likeness (QED) is 0.802. The van der Waals surface area contributed by atoms with Gasteiger partial charge in [-0.1, -0.05) is 15.9 Å². The number of aliphatic carboxylic acids is 1. The van der Waals surface area contributed by atoms with Gasteiger partial charge in [-0.3, -0.25) is 4.79 Å². The smallest absolute Gasteiger partial charge is 0.317 e. The molecule has 0 saturated heterocycles. The topological polar surface area (TPSA) is 87.5 Å². The molecule has 2 amide bonds. The van der Waals surface area contributed by atoms with Crippen LogP contribution in [0.5, 0.6) is 0 Å². The number of imidazole rings is 1. The number of fused-ring (bicyclic) bond motifs is 1. The number of carbonyl (C=O) groups is 2. The fourth-order valence-corrected chi connectivity index (χ4v) is 2.64. The summed E-state index contributed by atoms with van der Waals surface area (Å²) in [6.45, 7) is 3.22. The van der Waals surface area contributed by atoms with Gasteiger partial charge >= 0.3 is 12.0 Å². The minimum atomic E-state index is -0.928. The lowest BCUT2D eigenvalue weighted by Gasteiger charge is -2.17. The fraction of sp³-hybridized carbons (Fsp3) is 0.400. The van der Waals surface area contributed by atoms with Gasteiger partial charge in [0.2, 0.25) is 0 Å². The Kier molecular flexibility index (Phi) is 5.59. The Bertz CT molecular complexity index is 729. The van der Waals surface area contributed by atoms with Crippen molar-refractivity contribution < 1.29 is 14.7 Å². The summed E-state index contributed by atoms with van der Waals surface area (Å²) >= 11 is 3.42. The number of nitrogens with zero attached hydrogens (tertiary/aromatic N) is 3. The van der Waals surface area contributed by atoms with E-state index in [0.717, 1.165) is 27.9 Å². The number of halogens is 1. The molecular weight excluding hydrogens is 364 g/mol. The van der Waals surface area contributed by atoms with Crippen molar-refractivity contribution in [2.24, 2.45) is 0 Å². The van der Waals surface area contributed by atoms with Crippen LogP contribution in [0.3, 0.4) is 0 Å². The second kappa shape index (κ2) is 7.45. The number of hydrogen-bond donors (Lipinski definition) is 2. The lowest BCUT2D eigenvalue weighted by molar-refractivity contribution is -0.137. The number of aryl methyl sites for hydroxylation is 1. The van der Waals surface area contributed by atoms with Gasteiger partial charge < -0.3 is 19.9 Å². The van der Waals surface area contributed by atoms with E-state index in [-0.39, 0.29) is 25.5 Å². The molecule has 0 radical (unpaired) electrons. The van der Waals surface area contributed by atoms with Crippen LogP contribution in [0.2, 0.25) is 0 Å². The van der Waals surface area contributed by atoms with Crippen molar-refractivity contribution in [3.05, 3.63) is 28.5 Å². The highest BCUT2D eigenvalue weighted by Crippen LogP contribution is 2.21. The Morgan fingerprint density at radius 3 is 2.83 bits per heavy atom. The largest absolute Gasteiger partial charge is 0.481 e. The van der Waals surface area contributed by atoms with Crippen LogP contribution in [0.4, 0.5) is 4.79 Å². The summed E-state index contributed by atoms with van der Waals surface area (Å²) in [6, 6.07) is 5.56. The zero-order valence-corrected chi connectivity index (χ0v) is 14.6. The van der Waals surface area contributed by atoms with Crippen LogP contribution < -0.4 is 5.32 Å². The number of rotatable bonds is 6. The number of amides is 2. The maximum absolute atomic E-state index is 12.0. The van der Waals surface area contributed by atoms with Gasteiger partial charge in [0.05, 0.1) is 24.0 Å². The molecule has 2 rings (SSSR count). The zero-order chi connectivity index (χ0) is 17.0. The normalized spacial score (nSPS) is 10.7. The molecule has 1 aromatic heterocycles. The van der Waals surface area contributed by atoms with Gasteiger partial charge in [-0.25, -0.2) is 9.78 Å². The summed E-state index contributed by atoms with van der Waals surface area (Å²) in [6.07, 6.45) is -0.0780. The summed E-state index contributed by atoms with van der Waals surface area (Å²) in [5.41, 5.74) is 1.88. The van der Waals surface area contributed by atoms with Crippen molar-refractivity contribution >= 4 is 39.0 Å². The van der Waals surface area contributed by atoms with Gasteiger partial charge in [-0.05, 0) is 25.1 Å². The Morgan fingerprint density at radius 2 is 2.17 bits per heavy atom. The standard InChI is InChI=1S/C15H19BrN4O3/c1-3-20-12-5-4-10(16)8-11(12)18-13(20)9-17-15(23)19(2)7-6-14(21)22/h4-5,8H,3,6-7,9H2,1-2H3,(H,17,23)(H,21,22). The lowest BCUT2D eigenvalue weighted by Crippen LogP contribution is -2.38. The van der Waals surface area contributed by atoms with Crippen molar-refractivity contribution in [1.82, 2.24) is 19.8 Å². The van der Waals surface area contributed by atoms with Gasteiger partial charge in [-0.15, -0.1) is 0 Å². The lowest BCUT2D eigenvalue weighted by atomic mass is 10.3. The van der Waals surface area contributed by atoms with Crippen LogP contribution in [0.1, 0.15) is 19.2 Å². The van der Waals surface area contributed by atoms with Gasteiger partial charge in [0.1, 0.15) is 5.82 Å². The molecule has 0 bridgehead atoms. The van der Waals surface area contributed by atoms with Crippen LogP contribution >= 0.6 is 15.9 Å². The maximum atomic E-state index is 12.0. The van der Waals surface area contributed by atoms with Crippen molar-refractivity contribution in [3.63, 3.8) is 0 Å². The van der Waals surface area contributed by atoms with Gasteiger partial charge in [-0.2, -0.15) is 0 Å². The molecule has 0 aliphatic rings. The van der Waals surface area contributed by atoms with Crippen molar-refractivity contribution in [1.29, 1.82) is 0 Å². The first-order valence-corrected chi connectivity index (χ1v) is 8.07. The average molecular weight is 383 g/mol. The molecule has 23 heavy (non-hydrogen) atoms. The Labute approximate surface area is 142 Å². The predicted octanol–water partition coefficient (Wildman–Crippen LogP) is 2.43. The first-order valence-electron chi connectivity index (χ1n) is 7.27. The van der Waals surface area contributed by atoms with Crippen molar-refractivity contribution in [2.75, 3.05) is 13.6 Å². The van der Waals surface area contributed by atoms with Crippen LogP contribution in [0.15, 0.2) is 22.7 Å². The van der Waals surface area contributed by atoms with E-state index in [1.54, 1.807) is 7.05 Å². The molecule has 0 saturated carbocycles. The number of nitrogens with one attached hydrogen (secondary N) is 1. The number of carboxylic acids is 1. The molecule has 0 aliphatic carbocycles. The summed E-state index contributed by atoms with van der Waals surface area (Å²) in [5, 5.41) is 11.4. The van der Waals surface area contributed by atoms with Crippen LogP contribution in [0.25, 0.3) is 11.0 Å². The van der Waals surface area contributed by atoms with Crippen LogP contribution in [0, 0.1) is 0 Å². The van der Waals surface area contributed by atoms with Gasteiger partial charge in [0.25, 0.3) is 0 Å². The van der Waals surface area contributed by atoms with Crippen molar-refractivity contribution in [3.8, 4) is 0 Å². The third kappa shape index (κ3) is 4.22. The summed E-state index contributed by atoms with van der Waals surface area (Å²) in [5.74, 6) is -0.163. The highest BCUT2D eigenvalue weighted by Gasteiger charge is 2.13. The molecule has 0 spiro atoms. The first-order chi connectivity index (χ1) is 10.9. The number of carbonyl (C=O) groups excluding carboxylic acids is 1. The summed E-state index contributed by atoms with van der Waals surface area (Å²) < 4.78 is 2.99. The monoisotopic (exact) mass is 382 g/mol. The van der Waals surface area contributed by atoms with E-state index in [4.69, 9.17) is 5.11 Å². The molecule has 8 heteroatoms. The van der Waals surface area contributed by atoms with Crippen molar-refractivity contribution in [2.45, 2.75) is 26.4 Å². The summed E-state index contributed by atoms with van der Waals surface area (Å²) in [4.78, 5) is 28.4. The molecule has 2 aromatic rings. The minimum absolute atomic E-state index is 0.0780. The molecule has 0 unspecified atom stereocenters. The Balaban J connectivity index is 2.06. The second-order valence-corrected chi connectivity index (χ2v) is 6.05. The van der Waals surface area contributed by atoms with E-state index in [1.165, 1.54) is 4.90 Å². The number of carboxylic acid groups (broad SMARTS) is 1. The minimum Gasteiger partial charge on any atom is -0.481 e. The van der Waals surface area contributed by atoms with E-state index in [2.05, 4.69) is 26.2 Å². The van der Waals surface area contributed by atoms with Gasteiger partial charge in [0, 0.05) is 24.6 Å². The maximum Gasteiger partial charge on any atom is 0.317 e. The SMILES string of the molecule is CCn1c(CNC(=O)N(C)CCC(=O)O)nc2cc(Br)ccc21. The number of aromatic nitrogens is 2. The Hall–Kier alpha value is -2.09. The summed E-state index contributed by atoms with van der Waals surface area (Å²) in [7, 11) is 1.57. The average Bonchev–Trinajstić information content (AvgIpc) is 2.86. The number of hydrogen-bond acceptors (Lipinski definition) is 3. The molecule has 0 aliphatic heterocycles. The van der Waals surface area contributed by atoms with E-state index in [9.17, 15) is 9.59 Å². The molecule has 1 aromatic carbocycles. The van der Waals surface area contributed by atoms with E-state index < -0.39 is 5.97 Å². The molecule has 0 atom stereocenters. The van der Waals surface area contributed by atoms with Crippen LogP contribution in [-0.4, -0.2) is 45.2 Å². The fourth-order valence-electron chi connectivity index (χ4n) is 2.30. The molecule has 124 valence electrons. The first kappa shape index (κ1) is 17.3. The highest BCUT2D eigenvalue weighted by molar-refractivity contribution is 9.10. The van der Waals surface area contributed by atoms with E-state index >= 15 is 0 Å². The van der Waals surface area contributed by atoms with E-state index in [0.29, 0.717) is 0 Å². The molecule has 7 nitrogen and oxygen atoms in total. The molecule has 0 fully saturated rings. The Morgan fingerprint density at radius 1 is 1.43 bits per heavy atom. The predicted molar refractivity (Wildman–Crippen MR) is 90.2 cm³/mol. The van der Waals surface area contributed by atoms with E-state index in [1.807, 2.05) is 29.7 Å². The third-order valence-electron chi connectivity index (χ3n) is 3.51. The molecule has 1 heterocycles. The highest BCUT2D eigenvalue weighted by atomic mass is 79.9. The zero-order valence-electron chi connectivity index (χ0n) is 13.0. The molecular formula is C15H19BrN4O3. The number of urea groups is 1.